The maximum absolute atomic E-state index is 2.40. The van der Waals surface area contributed by atoms with Gasteiger partial charge in [-0.25, -0.2) is 0 Å². The Morgan fingerprint density at radius 1 is 1.15 bits per heavy atom. The SMILES string of the molecule is CCC(C)(CC)C1=CCN(C)C(c2ccccc2C)=C1. The molecule has 0 saturated carbocycles. The lowest BCUT2D eigenvalue weighted by molar-refractivity contribution is 0.369. The first-order chi connectivity index (χ1) is 9.51. The van der Waals surface area contributed by atoms with Gasteiger partial charge in [-0.3, -0.25) is 0 Å². The first-order valence-electron chi connectivity index (χ1n) is 7.71. The van der Waals surface area contributed by atoms with Crippen LogP contribution in [0.25, 0.3) is 5.70 Å². The summed E-state index contributed by atoms with van der Waals surface area (Å²) >= 11 is 0. The van der Waals surface area contributed by atoms with Crippen LogP contribution in [0.2, 0.25) is 0 Å². The standard InChI is InChI=1S/C19H27N/c1-6-19(4,7-2)16-12-13-20(5)18(14-16)17-11-9-8-10-15(17)3/h8-12,14H,6-7,13H2,1-5H3. The highest BCUT2D eigenvalue weighted by molar-refractivity contribution is 5.70. The second kappa shape index (κ2) is 5.87. The van der Waals surface area contributed by atoms with Gasteiger partial charge in [0, 0.05) is 24.9 Å². The second-order valence-electron chi connectivity index (χ2n) is 6.15. The molecule has 1 heteroatoms. The minimum atomic E-state index is 0.301. The summed E-state index contributed by atoms with van der Waals surface area (Å²) in [5.74, 6) is 0. The van der Waals surface area contributed by atoms with Gasteiger partial charge in [-0.05, 0) is 42.4 Å². The minimum Gasteiger partial charge on any atom is -0.370 e. The maximum Gasteiger partial charge on any atom is 0.0445 e. The van der Waals surface area contributed by atoms with E-state index in [0.29, 0.717) is 5.41 Å². The summed E-state index contributed by atoms with van der Waals surface area (Å²) in [6.07, 6.45) is 7.18. The van der Waals surface area contributed by atoms with E-state index < -0.39 is 0 Å². The first kappa shape index (κ1) is 14.9. The van der Waals surface area contributed by atoms with Gasteiger partial charge in [0.05, 0.1) is 0 Å². The molecule has 0 spiro atoms. The van der Waals surface area contributed by atoms with Gasteiger partial charge in [-0.2, -0.15) is 0 Å². The summed E-state index contributed by atoms with van der Waals surface area (Å²) in [6.45, 7) is 10.2. The smallest absolute Gasteiger partial charge is 0.0445 e. The summed E-state index contributed by atoms with van der Waals surface area (Å²) in [5, 5.41) is 0. The second-order valence-corrected chi connectivity index (χ2v) is 6.15. The summed E-state index contributed by atoms with van der Waals surface area (Å²) < 4.78 is 0. The molecule has 2 rings (SSSR count). The zero-order valence-corrected chi connectivity index (χ0v) is 13.5. The van der Waals surface area contributed by atoms with Crippen molar-refractivity contribution in [3.63, 3.8) is 0 Å². The van der Waals surface area contributed by atoms with Crippen LogP contribution in [0.15, 0.2) is 42.0 Å². The van der Waals surface area contributed by atoms with Crippen molar-refractivity contribution in [3.8, 4) is 0 Å². The van der Waals surface area contributed by atoms with Crippen molar-refractivity contribution in [3.05, 3.63) is 53.1 Å². The Labute approximate surface area is 124 Å². The lowest BCUT2D eigenvalue weighted by atomic mass is 9.75. The number of aryl methyl sites for hydroxylation is 1. The van der Waals surface area contributed by atoms with Crippen LogP contribution in [0.5, 0.6) is 0 Å². The van der Waals surface area contributed by atoms with Gasteiger partial charge < -0.3 is 4.90 Å². The quantitative estimate of drug-likeness (QED) is 0.740. The van der Waals surface area contributed by atoms with Gasteiger partial charge in [-0.1, -0.05) is 51.1 Å². The van der Waals surface area contributed by atoms with Crippen molar-refractivity contribution in [1.82, 2.24) is 4.90 Å². The molecule has 0 unspecified atom stereocenters. The third kappa shape index (κ3) is 2.67. The highest BCUT2D eigenvalue weighted by atomic mass is 15.1. The molecule has 0 atom stereocenters. The molecule has 108 valence electrons. The van der Waals surface area contributed by atoms with Crippen molar-refractivity contribution in [2.24, 2.45) is 5.41 Å². The van der Waals surface area contributed by atoms with Gasteiger partial charge in [0.25, 0.3) is 0 Å². The third-order valence-electron chi connectivity index (χ3n) is 4.97. The molecule has 0 radical (unpaired) electrons. The summed E-state index contributed by atoms with van der Waals surface area (Å²) in [4.78, 5) is 2.34. The zero-order chi connectivity index (χ0) is 14.8. The van der Waals surface area contributed by atoms with E-state index in [0.717, 1.165) is 6.54 Å². The average Bonchev–Trinajstić information content (AvgIpc) is 2.48. The molecule has 1 nitrogen and oxygen atoms in total. The van der Waals surface area contributed by atoms with Crippen molar-refractivity contribution in [2.75, 3.05) is 13.6 Å². The summed E-state index contributed by atoms with van der Waals surface area (Å²) in [5.41, 5.74) is 5.86. The van der Waals surface area contributed by atoms with Gasteiger partial charge in [-0.15, -0.1) is 0 Å². The number of allylic oxidation sites excluding steroid dienone is 2. The normalized spacial score (nSPS) is 15.9. The number of benzene rings is 1. The van der Waals surface area contributed by atoms with E-state index in [1.807, 2.05) is 0 Å². The average molecular weight is 269 g/mol. The zero-order valence-electron chi connectivity index (χ0n) is 13.5. The van der Waals surface area contributed by atoms with Gasteiger partial charge in [0.2, 0.25) is 0 Å². The maximum atomic E-state index is 2.40. The van der Waals surface area contributed by atoms with Crippen molar-refractivity contribution in [2.45, 2.75) is 40.5 Å². The highest BCUT2D eigenvalue weighted by Crippen LogP contribution is 2.39. The predicted molar refractivity (Wildman–Crippen MR) is 88.6 cm³/mol. The molecule has 1 aliphatic heterocycles. The van der Waals surface area contributed by atoms with E-state index in [1.54, 1.807) is 0 Å². The molecule has 1 heterocycles. The van der Waals surface area contributed by atoms with Crippen LogP contribution in [0.4, 0.5) is 0 Å². The predicted octanol–water partition coefficient (Wildman–Crippen LogP) is 5.03. The molecule has 1 aromatic carbocycles. The molecule has 0 fully saturated rings. The fourth-order valence-corrected chi connectivity index (χ4v) is 2.87. The topological polar surface area (TPSA) is 3.24 Å². The number of rotatable bonds is 4. The fourth-order valence-electron chi connectivity index (χ4n) is 2.87. The lowest BCUT2D eigenvalue weighted by Crippen LogP contribution is -2.25. The Balaban J connectivity index is 2.45. The van der Waals surface area contributed by atoms with Gasteiger partial charge >= 0.3 is 0 Å². The van der Waals surface area contributed by atoms with E-state index in [-0.39, 0.29) is 0 Å². The Morgan fingerprint density at radius 2 is 1.80 bits per heavy atom. The van der Waals surface area contributed by atoms with Gasteiger partial charge in [0.1, 0.15) is 0 Å². The summed E-state index contributed by atoms with van der Waals surface area (Å²) in [6, 6.07) is 8.67. The monoisotopic (exact) mass is 269 g/mol. The number of nitrogens with zero attached hydrogens (tertiary/aromatic N) is 1. The van der Waals surface area contributed by atoms with E-state index in [9.17, 15) is 0 Å². The van der Waals surface area contributed by atoms with Crippen LogP contribution in [0.3, 0.4) is 0 Å². The van der Waals surface area contributed by atoms with Crippen LogP contribution in [-0.4, -0.2) is 18.5 Å². The Morgan fingerprint density at radius 3 is 2.40 bits per heavy atom. The molecule has 0 aliphatic carbocycles. The number of hydrogen-bond acceptors (Lipinski definition) is 1. The molecular weight excluding hydrogens is 242 g/mol. The van der Waals surface area contributed by atoms with E-state index in [1.165, 1.54) is 35.2 Å². The molecule has 0 N–H and O–H groups in total. The molecule has 1 aliphatic rings. The highest BCUT2D eigenvalue weighted by Gasteiger charge is 2.26. The Hall–Kier alpha value is -1.50. The molecule has 0 bridgehead atoms. The third-order valence-corrected chi connectivity index (χ3v) is 4.97. The van der Waals surface area contributed by atoms with E-state index >= 15 is 0 Å². The van der Waals surface area contributed by atoms with Crippen molar-refractivity contribution < 1.29 is 0 Å². The van der Waals surface area contributed by atoms with Crippen molar-refractivity contribution >= 4 is 5.70 Å². The first-order valence-corrected chi connectivity index (χ1v) is 7.71. The van der Waals surface area contributed by atoms with Crippen LogP contribution in [0, 0.1) is 12.3 Å². The molecule has 0 saturated heterocycles. The van der Waals surface area contributed by atoms with Crippen LogP contribution < -0.4 is 0 Å². The molecular formula is C19H27N. The molecule has 20 heavy (non-hydrogen) atoms. The van der Waals surface area contributed by atoms with Crippen LogP contribution in [-0.2, 0) is 0 Å². The fraction of sp³-hybridized carbons (Fsp3) is 0.474. The molecule has 1 aromatic rings. The van der Waals surface area contributed by atoms with E-state index in [4.69, 9.17) is 0 Å². The van der Waals surface area contributed by atoms with E-state index in [2.05, 4.69) is 76.1 Å². The largest absolute Gasteiger partial charge is 0.370 e. The van der Waals surface area contributed by atoms with Crippen molar-refractivity contribution in [1.29, 1.82) is 0 Å². The number of hydrogen-bond donors (Lipinski definition) is 0. The Bertz CT molecular complexity index is 532. The molecule has 0 amide bonds. The van der Waals surface area contributed by atoms with Gasteiger partial charge in [0.15, 0.2) is 0 Å². The minimum absolute atomic E-state index is 0.301. The van der Waals surface area contributed by atoms with Crippen LogP contribution in [0.1, 0.15) is 44.7 Å². The summed E-state index contributed by atoms with van der Waals surface area (Å²) in [7, 11) is 2.18. The Kier molecular flexibility index (Phi) is 4.37. The molecule has 0 aromatic heterocycles. The van der Waals surface area contributed by atoms with Crippen LogP contribution >= 0.6 is 0 Å². The lowest BCUT2D eigenvalue weighted by Gasteiger charge is -2.35. The number of likely N-dealkylation sites (N-methyl/N-ethyl adjacent to an activating group) is 1.